The van der Waals surface area contributed by atoms with E-state index < -0.39 is 4.92 Å². The molecule has 0 radical (unpaired) electrons. The van der Waals surface area contributed by atoms with Crippen LogP contribution in [0.15, 0.2) is 47.8 Å². The molecule has 0 bridgehead atoms. The second-order valence-corrected chi connectivity index (χ2v) is 6.80. The fourth-order valence-corrected chi connectivity index (χ4v) is 3.48. The molecule has 140 valence electrons. The molecule has 0 aliphatic rings. The Labute approximate surface area is 166 Å². The van der Waals surface area contributed by atoms with Gasteiger partial charge in [0.15, 0.2) is 5.75 Å². The normalized spacial score (nSPS) is 11.1. The number of thiazole rings is 1. The first kappa shape index (κ1) is 19.3. The molecule has 1 aromatic heterocycles. The molecule has 0 saturated carbocycles. The maximum atomic E-state index is 11.2. The molecule has 0 saturated heterocycles. The molecule has 0 spiro atoms. The number of ether oxygens (including phenoxy) is 1. The number of nitrogens with zero attached hydrogens (tertiary/aromatic N) is 3. The summed E-state index contributed by atoms with van der Waals surface area (Å²) in [7, 11) is 1.38. The fourth-order valence-electron chi connectivity index (χ4n) is 2.69. The summed E-state index contributed by atoms with van der Waals surface area (Å²) in [5.41, 5.74) is 3.76. The van der Waals surface area contributed by atoms with E-state index in [0.29, 0.717) is 16.1 Å². The Kier molecular flexibility index (Phi) is 5.82. The van der Waals surface area contributed by atoms with E-state index in [2.05, 4.69) is 30.1 Å². The van der Waals surface area contributed by atoms with Crippen LogP contribution in [0.2, 0.25) is 0 Å². The molecule has 28 heavy (non-hydrogen) atoms. The van der Waals surface area contributed by atoms with Crippen LogP contribution in [-0.2, 0) is 6.42 Å². The van der Waals surface area contributed by atoms with Crippen LogP contribution in [0.5, 0.6) is 5.75 Å². The standard InChI is InChI=1S/C21H17N3O3S/c1-3-14-4-7-16(8-5-14)18-13-28-21(23-18)17(12-22)10-15-6-9-20(27-2)19(11-15)24(25)26/h4-11,13H,3H2,1-2H3/b17-10+. The number of rotatable bonds is 6. The van der Waals surface area contributed by atoms with Gasteiger partial charge in [-0.15, -0.1) is 11.3 Å². The van der Waals surface area contributed by atoms with E-state index in [-0.39, 0.29) is 11.4 Å². The van der Waals surface area contributed by atoms with Crippen molar-refractivity contribution in [3.63, 3.8) is 0 Å². The van der Waals surface area contributed by atoms with Crippen molar-refractivity contribution < 1.29 is 9.66 Å². The Bertz CT molecular complexity index is 1080. The van der Waals surface area contributed by atoms with Gasteiger partial charge in [0.2, 0.25) is 0 Å². The Hall–Kier alpha value is -3.50. The van der Waals surface area contributed by atoms with E-state index in [1.165, 1.54) is 36.1 Å². The van der Waals surface area contributed by atoms with Crippen LogP contribution in [0.3, 0.4) is 0 Å². The number of nitriles is 1. The maximum Gasteiger partial charge on any atom is 0.311 e. The Morgan fingerprint density at radius 3 is 2.68 bits per heavy atom. The van der Waals surface area contributed by atoms with Crippen LogP contribution in [0, 0.1) is 21.4 Å². The molecule has 0 atom stereocenters. The second kappa shape index (κ2) is 8.46. The first-order chi connectivity index (χ1) is 13.5. The van der Waals surface area contributed by atoms with Crippen LogP contribution in [0.25, 0.3) is 22.9 Å². The lowest BCUT2D eigenvalue weighted by molar-refractivity contribution is -0.385. The number of aryl methyl sites for hydroxylation is 1. The molecular weight excluding hydrogens is 374 g/mol. The molecule has 0 fully saturated rings. The first-order valence-corrected chi connectivity index (χ1v) is 9.43. The lowest BCUT2D eigenvalue weighted by Crippen LogP contribution is -1.94. The van der Waals surface area contributed by atoms with E-state index in [1.54, 1.807) is 12.1 Å². The molecule has 7 heteroatoms. The Morgan fingerprint density at radius 2 is 2.07 bits per heavy atom. The molecule has 0 unspecified atom stereocenters. The van der Waals surface area contributed by atoms with Gasteiger partial charge in [-0.2, -0.15) is 5.26 Å². The predicted octanol–water partition coefficient (Wildman–Crippen LogP) is 5.35. The number of allylic oxidation sites excluding steroid dienone is 1. The van der Waals surface area contributed by atoms with Gasteiger partial charge >= 0.3 is 5.69 Å². The number of aromatic nitrogens is 1. The average Bonchev–Trinajstić information content (AvgIpc) is 3.21. The summed E-state index contributed by atoms with van der Waals surface area (Å²) in [4.78, 5) is 15.2. The van der Waals surface area contributed by atoms with Gasteiger partial charge in [-0.3, -0.25) is 10.1 Å². The quantitative estimate of drug-likeness (QED) is 0.321. The zero-order chi connectivity index (χ0) is 20.1. The Balaban J connectivity index is 1.94. The summed E-state index contributed by atoms with van der Waals surface area (Å²) in [5.74, 6) is 0.174. The lowest BCUT2D eigenvalue weighted by atomic mass is 10.1. The van der Waals surface area contributed by atoms with Gasteiger partial charge in [-0.1, -0.05) is 37.3 Å². The van der Waals surface area contributed by atoms with E-state index in [1.807, 2.05) is 17.5 Å². The smallest absolute Gasteiger partial charge is 0.311 e. The Morgan fingerprint density at radius 1 is 1.32 bits per heavy atom. The second-order valence-electron chi connectivity index (χ2n) is 5.95. The van der Waals surface area contributed by atoms with Crippen molar-refractivity contribution in [3.05, 3.63) is 74.1 Å². The number of nitro benzene ring substituents is 1. The topological polar surface area (TPSA) is 89.0 Å². The molecule has 0 amide bonds. The van der Waals surface area contributed by atoms with E-state index >= 15 is 0 Å². The van der Waals surface area contributed by atoms with Gasteiger partial charge < -0.3 is 4.74 Å². The first-order valence-electron chi connectivity index (χ1n) is 8.55. The molecule has 3 rings (SSSR count). The largest absolute Gasteiger partial charge is 0.490 e. The summed E-state index contributed by atoms with van der Waals surface area (Å²) in [6, 6.07) is 14.9. The van der Waals surface area contributed by atoms with Gasteiger partial charge in [-0.25, -0.2) is 4.98 Å². The van der Waals surface area contributed by atoms with Crippen molar-refractivity contribution in [2.75, 3.05) is 7.11 Å². The van der Waals surface area contributed by atoms with Gasteiger partial charge in [-0.05, 0) is 29.7 Å². The third-order valence-electron chi connectivity index (χ3n) is 4.22. The van der Waals surface area contributed by atoms with Crippen LogP contribution < -0.4 is 4.74 Å². The highest BCUT2D eigenvalue weighted by Crippen LogP contribution is 2.31. The highest BCUT2D eigenvalue weighted by molar-refractivity contribution is 7.11. The van der Waals surface area contributed by atoms with E-state index in [4.69, 9.17) is 4.74 Å². The number of hydrogen-bond acceptors (Lipinski definition) is 6. The minimum atomic E-state index is -0.510. The zero-order valence-electron chi connectivity index (χ0n) is 15.4. The molecule has 0 aliphatic carbocycles. The van der Waals surface area contributed by atoms with Crippen molar-refractivity contribution in [1.82, 2.24) is 4.98 Å². The van der Waals surface area contributed by atoms with Gasteiger partial charge in [0.05, 0.1) is 23.3 Å². The molecule has 0 N–H and O–H groups in total. The summed E-state index contributed by atoms with van der Waals surface area (Å²) in [6.07, 6.45) is 2.56. The fraction of sp³-hybridized carbons (Fsp3) is 0.143. The van der Waals surface area contributed by atoms with Gasteiger partial charge in [0.25, 0.3) is 0 Å². The zero-order valence-corrected chi connectivity index (χ0v) is 16.2. The van der Waals surface area contributed by atoms with Crippen molar-refractivity contribution in [2.24, 2.45) is 0 Å². The minimum absolute atomic E-state index is 0.149. The molecule has 6 nitrogen and oxygen atoms in total. The predicted molar refractivity (Wildman–Crippen MR) is 110 cm³/mol. The number of benzene rings is 2. The van der Waals surface area contributed by atoms with Crippen LogP contribution >= 0.6 is 11.3 Å². The van der Waals surface area contributed by atoms with Gasteiger partial charge in [0.1, 0.15) is 11.1 Å². The molecule has 1 heterocycles. The lowest BCUT2D eigenvalue weighted by Gasteiger charge is -2.02. The highest BCUT2D eigenvalue weighted by Gasteiger charge is 2.15. The summed E-state index contributed by atoms with van der Waals surface area (Å²) < 4.78 is 5.01. The molecule has 2 aromatic carbocycles. The monoisotopic (exact) mass is 391 g/mol. The summed E-state index contributed by atoms with van der Waals surface area (Å²) in [6.45, 7) is 2.10. The summed E-state index contributed by atoms with van der Waals surface area (Å²) in [5, 5.41) is 23.2. The van der Waals surface area contributed by atoms with Crippen molar-refractivity contribution in [3.8, 4) is 23.1 Å². The molecule has 3 aromatic rings. The SMILES string of the molecule is CCc1ccc(-c2csc(/C(C#N)=C/c3ccc(OC)c([N+](=O)[O-])c3)n2)cc1. The third-order valence-corrected chi connectivity index (χ3v) is 5.10. The molecular formula is C21H17N3O3S. The van der Waals surface area contributed by atoms with Crippen molar-refractivity contribution in [1.29, 1.82) is 5.26 Å². The number of methoxy groups -OCH3 is 1. The van der Waals surface area contributed by atoms with Crippen molar-refractivity contribution >= 4 is 28.7 Å². The third kappa shape index (κ3) is 4.08. The molecule has 0 aliphatic heterocycles. The number of hydrogen-bond donors (Lipinski definition) is 0. The average molecular weight is 391 g/mol. The van der Waals surface area contributed by atoms with Gasteiger partial charge in [0, 0.05) is 17.0 Å². The number of nitro groups is 1. The van der Waals surface area contributed by atoms with Crippen LogP contribution in [-0.4, -0.2) is 17.0 Å². The maximum absolute atomic E-state index is 11.2. The summed E-state index contributed by atoms with van der Waals surface area (Å²) >= 11 is 1.36. The van der Waals surface area contributed by atoms with Crippen molar-refractivity contribution in [2.45, 2.75) is 13.3 Å². The van der Waals surface area contributed by atoms with Crippen LogP contribution in [0.1, 0.15) is 23.1 Å². The van der Waals surface area contributed by atoms with E-state index in [0.717, 1.165) is 17.7 Å². The minimum Gasteiger partial charge on any atom is -0.490 e. The highest BCUT2D eigenvalue weighted by atomic mass is 32.1. The van der Waals surface area contributed by atoms with E-state index in [9.17, 15) is 15.4 Å². The van der Waals surface area contributed by atoms with Crippen LogP contribution in [0.4, 0.5) is 5.69 Å².